The van der Waals surface area contributed by atoms with Crippen LogP contribution < -0.4 is 11.1 Å². The fourth-order valence-electron chi connectivity index (χ4n) is 0.880. The number of hydrogen-bond acceptors (Lipinski definition) is 4. The first-order valence-corrected chi connectivity index (χ1v) is 4.52. The number of nitrogens with one attached hydrogen (secondary N) is 1. The van der Waals surface area contributed by atoms with E-state index in [9.17, 15) is 14.4 Å². The van der Waals surface area contributed by atoms with Gasteiger partial charge in [0, 0.05) is 20.0 Å². The van der Waals surface area contributed by atoms with Crippen LogP contribution >= 0.6 is 0 Å². The van der Waals surface area contributed by atoms with Crippen molar-refractivity contribution in [2.24, 2.45) is 5.73 Å². The van der Waals surface area contributed by atoms with Crippen LogP contribution in [0.1, 0.15) is 6.42 Å². The molecule has 1 atom stereocenters. The van der Waals surface area contributed by atoms with E-state index < -0.39 is 24.0 Å². The van der Waals surface area contributed by atoms with E-state index in [0.29, 0.717) is 0 Å². The van der Waals surface area contributed by atoms with Gasteiger partial charge >= 0.3 is 12.0 Å². The zero-order valence-corrected chi connectivity index (χ0v) is 8.84. The smallest absolute Gasteiger partial charge is 0.332 e. The molecule has 0 aromatic heterocycles. The number of carboxylic acids is 1. The number of hydrogen-bond donors (Lipinski definition) is 4. The van der Waals surface area contributed by atoms with Gasteiger partial charge in [-0.15, -0.1) is 0 Å². The molecular weight excluding hydrogens is 218 g/mol. The van der Waals surface area contributed by atoms with Gasteiger partial charge < -0.3 is 26.2 Å². The van der Waals surface area contributed by atoms with Gasteiger partial charge in [0.15, 0.2) is 6.10 Å². The number of rotatable bonds is 6. The van der Waals surface area contributed by atoms with Crippen LogP contribution in [0, 0.1) is 0 Å². The van der Waals surface area contributed by atoms with Gasteiger partial charge in [0.05, 0.1) is 0 Å². The lowest BCUT2D eigenvalue weighted by Crippen LogP contribution is -2.42. The maximum absolute atomic E-state index is 11.2. The van der Waals surface area contributed by atoms with Gasteiger partial charge in [0.2, 0.25) is 5.91 Å². The molecule has 0 bridgehead atoms. The van der Waals surface area contributed by atoms with Crippen LogP contribution in [0.2, 0.25) is 0 Å². The van der Waals surface area contributed by atoms with Crippen molar-refractivity contribution in [1.29, 1.82) is 0 Å². The van der Waals surface area contributed by atoms with E-state index in [-0.39, 0.29) is 19.5 Å². The number of carboxylic acid groups (broad SMARTS) is 1. The maximum Gasteiger partial charge on any atom is 0.332 e. The largest absolute Gasteiger partial charge is 0.479 e. The number of carbonyl (C=O) groups excluding carboxylic acids is 2. The Labute approximate surface area is 92.0 Å². The second-order valence-corrected chi connectivity index (χ2v) is 3.20. The molecule has 0 aliphatic carbocycles. The van der Waals surface area contributed by atoms with E-state index in [4.69, 9.17) is 15.9 Å². The third-order valence-electron chi connectivity index (χ3n) is 1.72. The number of aliphatic carboxylic acids is 1. The van der Waals surface area contributed by atoms with Gasteiger partial charge in [0.25, 0.3) is 0 Å². The van der Waals surface area contributed by atoms with Crippen molar-refractivity contribution in [3.8, 4) is 0 Å². The third-order valence-corrected chi connectivity index (χ3v) is 1.72. The second kappa shape index (κ2) is 6.62. The third kappa shape index (κ3) is 5.81. The molecule has 1 unspecified atom stereocenters. The van der Waals surface area contributed by atoms with E-state index in [0.717, 1.165) is 4.90 Å². The molecule has 0 radical (unpaired) electrons. The number of likely N-dealkylation sites (N-methyl/N-ethyl adjacent to an activating group) is 1. The van der Waals surface area contributed by atoms with Crippen molar-refractivity contribution in [2.45, 2.75) is 12.5 Å². The van der Waals surface area contributed by atoms with Gasteiger partial charge in [0.1, 0.15) is 6.54 Å². The molecule has 5 N–H and O–H groups in total. The normalized spacial score (nSPS) is 11.6. The Balaban J connectivity index is 3.81. The van der Waals surface area contributed by atoms with Crippen LogP contribution in [0.5, 0.6) is 0 Å². The molecule has 0 aliphatic rings. The highest BCUT2D eigenvalue weighted by Gasteiger charge is 2.14. The monoisotopic (exact) mass is 233 g/mol. The van der Waals surface area contributed by atoms with E-state index in [1.165, 1.54) is 7.05 Å². The lowest BCUT2D eigenvalue weighted by atomic mass is 10.2. The predicted molar refractivity (Wildman–Crippen MR) is 53.5 cm³/mol. The summed E-state index contributed by atoms with van der Waals surface area (Å²) in [5.74, 6) is -2.00. The second-order valence-electron chi connectivity index (χ2n) is 3.20. The molecule has 0 saturated heterocycles. The highest BCUT2D eigenvalue weighted by atomic mass is 16.4. The quantitative estimate of drug-likeness (QED) is 0.419. The lowest BCUT2D eigenvalue weighted by Gasteiger charge is -2.16. The highest BCUT2D eigenvalue weighted by Crippen LogP contribution is 1.90. The molecule has 0 aliphatic heterocycles. The number of amides is 3. The Bertz CT molecular complexity index is 281. The first kappa shape index (κ1) is 14.2. The van der Waals surface area contributed by atoms with Gasteiger partial charge in [-0.1, -0.05) is 0 Å². The summed E-state index contributed by atoms with van der Waals surface area (Å²) < 4.78 is 0. The minimum Gasteiger partial charge on any atom is -0.479 e. The molecule has 8 heteroatoms. The Kier molecular flexibility index (Phi) is 5.86. The first-order chi connectivity index (χ1) is 7.34. The molecule has 0 saturated carbocycles. The molecule has 0 aromatic carbocycles. The Morgan fingerprint density at radius 1 is 1.44 bits per heavy atom. The molecule has 92 valence electrons. The molecule has 0 aromatic rings. The SMILES string of the molecule is CN(CC(N)=O)C(=O)NCCC(O)C(=O)O. The topological polar surface area (TPSA) is 133 Å². The van der Waals surface area contributed by atoms with E-state index in [1.54, 1.807) is 0 Å². The number of carbonyl (C=O) groups is 3. The van der Waals surface area contributed by atoms with Crippen molar-refractivity contribution < 1.29 is 24.6 Å². The molecule has 0 fully saturated rings. The summed E-state index contributed by atoms with van der Waals surface area (Å²) in [6.07, 6.45) is -1.62. The highest BCUT2D eigenvalue weighted by molar-refractivity contribution is 5.82. The van der Waals surface area contributed by atoms with Crippen LogP contribution in [-0.4, -0.2) is 59.3 Å². The van der Waals surface area contributed by atoms with E-state index >= 15 is 0 Å². The molecule has 0 spiro atoms. The van der Waals surface area contributed by atoms with Gasteiger partial charge in [-0.25, -0.2) is 9.59 Å². The molecule has 16 heavy (non-hydrogen) atoms. The summed E-state index contributed by atoms with van der Waals surface area (Å²) in [6, 6.07) is -0.559. The van der Waals surface area contributed by atoms with Crippen molar-refractivity contribution in [2.75, 3.05) is 20.1 Å². The standard InChI is InChI=1S/C8H15N3O5/c1-11(4-6(9)13)8(16)10-3-2-5(12)7(14)15/h5,12H,2-4H2,1H3,(H2,9,13)(H,10,16)(H,14,15). The first-order valence-electron chi connectivity index (χ1n) is 4.52. The summed E-state index contributed by atoms with van der Waals surface area (Å²) in [5.41, 5.74) is 4.87. The zero-order valence-electron chi connectivity index (χ0n) is 8.84. The van der Waals surface area contributed by atoms with Crippen LogP contribution in [0.15, 0.2) is 0 Å². The van der Waals surface area contributed by atoms with Crippen LogP contribution in [0.3, 0.4) is 0 Å². The minimum atomic E-state index is -1.51. The lowest BCUT2D eigenvalue weighted by molar-refractivity contribution is -0.146. The van der Waals surface area contributed by atoms with Crippen molar-refractivity contribution in [1.82, 2.24) is 10.2 Å². The van der Waals surface area contributed by atoms with Gasteiger partial charge in [-0.3, -0.25) is 4.79 Å². The summed E-state index contributed by atoms with van der Waals surface area (Å²) in [7, 11) is 1.37. The predicted octanol–water partition coefficient (Wildman–Crippen LogP) is -2.05. The fourth-order valence-corrected chi connectivity index (χ4v) is 0.880. The van der Waals surface area contributed by atoms with Gasteiger partial charge in [-0.05, 0) is 0 Å². The summed E-state index contributed by atoms with van der Waals surface area (Å²) in [6.45, 7) is -0.233. The zero-order chi connectivity index (χ0) is 12.7. The fraction of sp³-hybridized carbons (Fsp3) is 0.625. The number of nitrogens with two attached hydrogens (primary N) is 1. The number of primary amides is 1. The Morgan fingerprint density at radius 2 is 2.00 bits per heavy atom. The van der Waals surface area contributed by atoms with E-state index in [1.807, 2.05) is 0 Å². The van der Waals surface area contributed by atoms with E-state index in [2.05, 4.69) is 5.32 Å². The summed E-state index contributed by atoms with van der Waals surface area (Å²) in [4.78, 5) is 32.9. The number of aliphatic hydroxyl groups is 1. The van der Waals surface area contributed by atoms with Crippen LogP contribution in [-0.2, 0) is 9.59 Å². The van der Waals surface area contributed by atoms with Crippen molar-refractivity contribution in [3.05, 3.63) is 0 Å². The molecule has 8 nitrogen and oxygen atoms in total. The van der Waals surface area contributed by atoms with Gasteiger partial charge in [-0.2, -0.15) is 0 Å². The van der Waals surface area contributed by atoms with Crippen molar-refractivity contribution >= 4 is 17.9 Å². The average molecular weight is 233 g/mol. The number of aliphatic hydroxyl groups excluding tert-OH is 1. The Morgan fingerprint density at radius 3 is 2.44 bits per heavy atom. The number of urea groups is 1. The maximum atomic E-state index is 11.2. The Hall–Kier alpha value is -1.83. The molecule has 3 amide bonds. The van der Waals surface area contributed by atoms with Crippen molar-refractivity contribution in [3.63, 3.8) is 0 Å². The average Bonchev–Trinajstić information content (AvgIpc) is 2.15. The minimum absolute atomic E-state index is 0.00456. The molecule has 0 heterocycles. The summed E-state index contributed by atoms with van der Waals surface area (Å²) >= 11 is 0. The van der Waals surface area contributed by atoms with Crippen LogP contribution in [0.25, 0.3) is 0 Å². The number of nitrogens with zero attached hydrogens (tertiary/aromatic N) is 1. The van der Waals surface area contributed by atoms with Crippen LogP contribution in [0.4, 0.5) is 4.79 Å². The molecular formula is C8H15N3O5. The molecule has 0 rings (SSSR count). The summed E-state index contributed by atoms with van der Waals surface area (Å²) in [5, 5.41) is 19.6.